The van der Waals surface area contributed by atoms with Gasteiger partial charge in [-0.3, -0.25) is 0 Å². The standard InChI is InChI=1S/C18H16BrF2N2O4PS/c1-11-22-17(27-23-11)14-5-2-12(3-6-14)9-29-10-13-4-7-15(16(19)8-13)18(20,21)28(24,25)26/h2-8H,9-10H2,1H3,(H2,24,25,26)/p-2. The molecule has 154 valence electrons. The minimum absolute atomic E-state index is 0.119. The molecule has 2 aromatic carbocycles. The Balaban J connectivity index is 1.61. The molecular weight excluding hydrogens is 489 g/mol. The maximum Gasteiger partial charge on any atom is 0.297 e. The minimum atomic E-state index is -6.10. The summed E-state index contributed by atoms with van der Waals surface area (Å²) >= 11 is 4.49. The zero-order valence-corrected chi connectivity index (χ0v) is 18.3. The number of thioether (sulfide) groups is 1. The number of nitrogens with zero attached hydrogens (tertiary/aromatic N) is 2. The Morgan fingerprint density at radius 1 is 1.14 bits per heavy atom. The van der Waals surface area contributed by atoms with E-state index < -0.39 is 18.8 Å². The Morgan fingerprint density at radius 2 is 1.76 bits per heavy atom. The van der Waals surface area contributed by atoms with Crippen molar-refractivity contribution in [1.82, 2.24) is 10.1 Å². The topological polar surface area (TPSA) is 102 Å². The molecule has 0 saturated carbocycles. The fourth-order valence-electron chi connectivity index (χ4n) is 2.48. The summed E-state index contributed by atoms with van der Waals surface area (Å²) in [6, 6.07) is 11.4. The van der Waals surface area contributed by atoms with Crippen LogP contribution in [0.3, 0.4) is 0 Å². The number of hydrogen-bond donors (Lipinski definition) is 0. The first-order valence-corrected chi connectivity index (χ1v) is 11.7. The van der Waals surface area contributed by atoms with Crippen molar-refractivity contribution in [3.05, 3.63) is 69.5 Å². The third kappa shape index (κ3) is 5.13. The highest BCUT2D eigenvalue weighted by atomic mass is 79.9. The highest BCUT2D eigenvalue weighted by molar-refractivity contribution is 9.10. The number of aryl methyl sites for hydroxylation is 1. The summed E-state index contributed by atoms with van der Waals surface area (Å²) in [5.74, 6) is 2.20. The van der Waals surface area contributed by atoms with E-state index >= 15 is 0 Å². The minimum Gasteiger partial charge on any atom is -0.806 e. The second kappa shape index (κ2) is 8.65. The second-order valence-corrected chi connectivity index (χ2v) is 9.59. The van der Waals surface area contributed by atoms with Crippen molar-refractivity contribution in [3.8, 4) is 11.5 Å². The average Bonchev–Trinajstić information content (AvgIpc) is 3.07. The lowest BCUT2D eigenvalue weighted by Crippen LogP contribution is -2.30. The van der Waals surface area contributed by atoms with Gasteiger partial charge in [-0.1, -0.05) is 45.4 Å². The molecule has 0 aliphatic carbocycles. The molecule has 11 heteroatoms. The summed E-state index contributed by atoms with van der Waals surface area (Å²) in [6.45, 7) is 1.74. The predicted octanol–water partition coefficient (Wildman–Crippen LogP) is 4.20. The Labute approximate surface area is 178 Å². The van der Waals surface area contributed by atoms with E-state index in [4.69, 9.17) is 4.52 Å². The van der Waals surface area contributed by atoms with Crippen LogP contribution in [0.4, 0.5) is 8.78 Å². The third-order valence-corrected chi connectivity index (χ3v) is 6.63. The van der Waals surface area contributed by atoms with Crippen LogP contribution in [0, 0.1) is 6.92 Å². The van der Waals surface area contributed by atoms with Crippen LogP contribution < -0.4 is 9.79 Å². The van der Waals surface area contributed by atoms with Crippen LogP contribution in [-0.4, -0.2) is 10.1 Å². The molecule has 0 aliphatic rings. The molecule has 1 aromatic heterocycles. The normalized spacial score (nSPS) is 12.3. The molecule has 0 bridgehead atoms. The van der Waals surface area contributed by atoms with Crippen LogP contribution in [-0.2, 0) is 21.7 Å². The van der Waals surface area contributed by atoms with E-state index in [-0.39, 0.29) is 4.47 Å². The Bertz CT molecular complexity index is 1060. The van der Waals surface area contributed by atoms with E-state index in [1.165, 1.54) is 12.1 Å². The lowest BCUT2D eigenvalue weighted by molar-refractivity contribution is -0.335. The second-order valence-electron chi connectivity index (χ2n) is 6.19. The summed E-state index contributed by atoms with van der Waals surface area (Å²) in [5, 5.41) is 3.75. The van der Waals surface area contributed by atoms with Gasteiger partial charge in [0.1, 0.15) is 0 Å². The van der Waals surface area contributed by atoms with Gasteiger partial charge < -0.3 is 18.9 Å². The average molecular weight is 503 g/mol. The van der Waals surface area contributed by atoms with Crippen LogP contribution in [0.5, 0.6) is 0 Å². The molecule has 0 saturated heterocycles. The van der Waals surface area contributed by atoms with E-state index in [1.807, 2.05) is 24.3 Å². The van der Waals surface area contributed by atoms with Crippen LogP contribution >= 0.6 is 35.3 Å². The third-order valence-electron chi connectivity index (χ3n) is 3.97. The van der Waals surface area contributed by atoms with Crippen LogP contribution in [0.25, 0.3) is 11.5 Å². The molecule has 3 rings (SSSR count). The van der Waals surface area contributed by atoms with Gasteiger partial charge in [-0.2, -0.15) is 25.5 Å². The van der Waals surface area contributed by atoms with Gasteiger partial charge in [-0.05, 0) is 36.2 Å². The molecule has 0 amide bonds. The lowest BCUT2D eigenvalue weighted by Gasteiger charge is -2.38. The van der Waals surface area contributed by atoms with Crippen LogP contribution in [0.1, 0.15) is 22.5 Å². The van der Waals surface area contributed by atoms with Crippen LogP contribution in [0.2, 0.25) is 0 Å². The Hall–Kier alpha value is -1.58. The highest BCUT2D eigenvalue weighted by Crippen LogP contribution is 2.54. The van der Waals surface area contributed by atoms with Gasteiger partial charge >= 0.3 is 0 Å². The number of rotatable bonds is 7. The quantitative estimate of drug-likeness (QED) is 0.446. The van der Waals surface area contributed by atoms with Gasteiger partial charge in [-0.25, -0.2) is 0 Å². The number of benzene rings is 2. The molecule has 0 aliphatic heterocycles. The first kappa shape index (κ1) is 22.1. The molecule has 6 nitrogen and oxygen atoms in total. The number of alkyl halides is 2. The fraction of sp³-hybridized carbons (Fsp3) is 0.222. The van der Waals surface area contributed by atoms with Crippen molar-refractivity contribution in [2.75, 3.05) is 0 Å². The summed E-state index contributed by atoms with van der Waals surface area (Å²) < 4.78 is 43.3. The van der Waals surface area contributed by atoms with Gasteiger partial charge in [0, 0.05) is 34.7 Å². The van der Waals surface area contributed by atoms with Gasteiger partial charge in [0.05, 0.1) is 0 Å². The summed E-state index contributed by atoms with van der Waals surface area (Å²) in [6.07, 6.45) is 0. The fourth-order valence-corrected chi connectivity index (χ4v) is 4.75. The van der Waals surface area contributed by atoms with Gasteiger partial charge in [0.2, 0.25) is 0 Å². The summed E-state index contributed by atoms with van der Waals surface area (Å²) in [4.78, 5) is 25.8. The molecule has 29 heavy (non-hydrogen) atoms. The van der Waals surface area contributed by atoms with Crippen molar-refractivity contribution in [3.63, 3.8) is 0 Å². The van der Waals surface area contributed by atoms with E-state index in [1.54, 1.807) is 18.7 Å². The van der Waals surface area contributed by atoms with E-state index in [0.29, 0.717) is 28.8 Å². The lowest BCUT2D eigenvalue weighted by atomic mass is 10.1. The van der Waals surface area contributed by atoms with Crippen molar-refractivity contribution in [2.45, 2.75) is 24.1 Å². The molecular formula is C18H14BrF2N2O4PS-2. The van der Waals surface area contributed by atoms with E-state index in [2.05, 4.69) is 26.1 Å². The molecule has 0 N–H and O–H groups in total. The van der Waals surface area contributed by atoms with E-state index in [9.17, 15) is 23.1 Å². The van der Waals surface area contributed by atoms with Crippen molar-refractivity contribution in [2.24, 2.45) is 0 Å². The van der Waals surface area contributed by atoms with Crippen molar-refractivity contribution >= 4 is 35.3 Å². The maximum absolute atomic E-state index is 13.7. The molecule has 0 spiro atoms. The number of hydrogen-bond acceptors (Lipinski definition) is 7. The van der Waals surface area contributed by atoms with Crippen molar-refractivity contribution < 1.29 is 27.7 Å². The summed E-state index contributed by atoms with van der Waals surface area (Å²) in [7, 11) is -6.10. The smallest absolute Gasteiger partial charge is 0.297 e. The highest BCUT2D eigenvalue weighted by Gasteiger charge is 2.37. The van der Waals surface area contributed by atoms with Crippen molar-refractivity contribution in [1.29, 1.82) is 0 Å². The maximum atomic E-state index is 13.7. The monoisotopic (exact) mass is 502 g/mol. The summed E-state index contributed by atoms with van der Waals surface area (Å²) in [5.41, 5.74) is -2.74. The Morgan fingerprint density at radius 3 is 2.31 bits per heavy atom. The Kier molecular flexibility index (Phi) is 6.60. The molecule has 0 radical (unpaired) electrons. The van der Waals surface area contributed by atoms with Gasteiger partial charge in [-0.15, -0.1) is 0 Å². The molecule has 1 heterocycles. The molecule has 0 fully saturated rings. The molecule has 0 atom stereocenters. The largest absolute Gasteiger partial charge is 0.806 e. The SMILES string of the molecule is Cc1noc(-c2ccc(CSCc3ccc(C(F)(F)P(=O)([O-])[O-])c(Br)c3)cc2)n1. The molecule has 3 aromatic rings. The first-order valence-electron chi connectivity index (χ1n) is 8.24. The zero-order valence-electron chi connectivity index (χ0n) is 15.0. The first-order chi connectivity index (χ1) is 13.6. The molecule has 0 unspecified atom stereocenters. The van der Waals surface area contributed by atoms with Gasteiger partial charge in [0.15, 0.2) is 5.82 Å². The van der Waals surface area contributed by atoms with Gasteiger partial charge in [0.25, 0.3) is 11.6 Å². The zero-order chi connectivity index (χ0) is 21.2. The number of halogens is 3. The van der Waals surface area contributed by atoms with E-state index in [0.717, 1.165) is 17.2 Å². The van der Waals surface area contributed by atoms with Crippen LogP contribution in [0.15, 0.2) is 51.5 Å². The number of aromatic nitrogens is 2. The predicted molar refractivity (Wildman–Crippen MR) is 105 cm³/mol.